The van der Waals surface area contributed by atoms with Gasteiger partial charge in [0.1, 0.15) is 5.75 Å². The second kappa shape index (κ2) is 6.42. The highest BCUT2D eigenvalue weighted by Crippen LogP contribution is 2.22. The third-order valence-electron chi connectivity index (χ3n) is 2.26. The molecule has 4 nitrogen and oxygen atoms in total. The van der Waals surface area contributed by atoms with Crippen molar-refractivity contribution in [1.82, 2.24) is 10.2 Å². The molecule has 0 bridgehead atoms. The smallest absolute Gasteiger partial charge is 0.406 e. The number of rotatable bonds is 5. The van der Waals surface area contributed by atoms with Crippen LogP contribution in [0.4, 0.5) is 13.2 Å². The number of benzene rings is 1. The molecule has 1 rings (SSSR count). The molecule has 19 heavy (non-hydrogen) atoms. The molecule has 0 aromatic heterocycles. The Morgan fingerprint density at radius 3 is 2.32 bits per heavy atom. The van der Waals surface area contributed by atoms with E-state index in [4.69, 9.17) is 0 Å². The fourth-order valence-corrected chi connectivity index (χ4v) is 1.28. The minimum atomic E-state index is -4.68. The topological polar surface area (TPSA) is 41.6 Å². The number of carbonyl (C=O) groups excluding carboxylic acids is 1. The lowest BCUT2D eigenvalue weighted by Crippen LogP contribution is -2.32. The predicted octanol–water partition coefficient (Wildman–Crippen LogP) is 1.76. The average molecular weight is 276 g/mol. The largest absolute Gasteiger partial charge is 0.573 e. The Morgan fingerprint density at radius 2 is 1.84 bits per heavy atom. The molecular weight excluding hydrogens is 261 g/mol. The van der Waals surface area contributed by atoms with Gasteiger partial charge in [0, 0.05) is 20.6 Å². The van der Waals surface area contributed by atoms with Crippen LogP contribution in [-0.2, 0) is 11.3 Å². The first kappa shape index (κ1) is 15.3. The number of ether oxygens (including phenoxy) is 1. The van der Waals surface area contributed by atoms with Crippen LogP contribution in [0.15, 0.2) is 24.3 Å². The van der Waals surface area contributed by atoms with Crippen LogP contribution in [0.1, 0.15) is 5.56 Å². The van der Waals surface area contributed by atoms with Gasteiger partial charge < -0.3 is 15.0 Å². The second-order valence-electron chi connectivity index (χ2n) is 4.08. The van der Waals surface area contributed by atoms with E-state index in [9.17, 15) is 18.0 Å². The molecule has 1 aromatic rings. The molecule has 0 fully saturated rings. The van der Waals surface area contributed by atoms with E-state index < -0.39 is 6.36 Å². The number of hydrogen-bond acceptors (Lipinski definition) is 3. The third-order valence-corrected chi connectivity index (χ3v) is 2.26. The van der Waals surface area contributed by atoms with Gasteiger partial charge in [-0.2, -0.15) is 0 Å². The van der Waals surface area contributed by atoms with Crippen molar-refractivity contribution in [3.63, 3.8) is 0 Å². The highest BCUT2D eigenvalue weighted by atomic mass is 19.4. The Balaban J connectivity index is 2.42. The van der Waals surface area contributed by atoms with Crippen molar-refractivity contribution in [2.24, 2.45) is 0 Å². The molecule has 0 aliphatic carbocycles. The zero-order valence-corrected chi connectivity index (χ0v) is 10.6. The summed E-state index contributed by atoms with van der Waals surface area (Å²) in [5.41, 5.74) is 0.765. The number of halogens is 3. The number of hydrogen-bond donors (Lipinski definition) is 1. The second-order valence-corrected chi connectivity index (χ2v) is 4.08. The molecule has 1 aromatic carbocycles. The van der Waals surface area contributed by atoms with Crippen molar-refractivity contribution in [2.45, 2.75) is 12.9 Å². The van der Waals surface area contributed by atoms with Crippen LogP contribution in [0.2, 0.25) is 0 Å². The van der Waals surface area contributed by atoms with Crippen molar-refractivity contribution in [3.05, 3.63) is 29.8 Å². The first-order chi connectivity index (χ1) is 8.78. The molecule has 0 radical (unpaired) electrons. The van der Waals surface area contributed by atoms with E-state index in [-0.39, 0.29) is 18.2 Å². The van der Waals surface area contributed by atoms with Gasteiger partial charge in [0.15, 0.2) is 0 Å². The molecule has 0 atom stereocenters. The van der Waals surface area contributed by atoms with Crippen LogP contribution < -0.4 is 10.1 Å². The minimum absolute atomic E-state index is 0.0722. The van der Waals surface area contributed by atoms with E-state index in [1.165, 1.54) is 29.2 Å². The molecule has 0 aliphatic rings. The number of nitrogens with one attached hydrogen (secondary N) is 1. The van der Waals surface area contributed by atoms with E-state index >= 15 is 0 Å². The summed E-state index contributed by atoms with van der Waals surface area (Å²) < 4.78 is 39.5. The van der Waals surface area contributed by atoms with Crippen LogP contribution in [0, 0.1) is 0 Å². The maximum absolute atomic E-state index is 11.9. The van der Waals surface area contributed by atoms with Gasteiger partial charge in [-0.1, -0.05) is 12.1 Å². The summed E-state index contributed by atoms with van der Waals surface area (Å²) in [6, 6.07) is 5.49. The number of alkyl halides is 3. The molecule has 1 N–H and O–H groups in total. The zero-order chi connectivity index (χ0) is 14.5. The molecule has 0 unspecified atom stereocenters. The lowest BCUT2D eigenvalue weighted by molar-refractivity contribution is -0.274. The van der Waals surface area contributed by atoms with Gasteiger partial charge in [-0.15, -0.1) is 13.2 Å². The Bertz CT molecular complexity index is 416. The van der Waals surface area contributed by atoms with E-state index in [0.717, 1.165) is 5.56 Å². The van der Waals surface area contributed by atoms with Crippen molar-refractivity contribution in [3.8, 4) is 5.75 Å². The molecule has 0 saturated heterocycles. The Hall–Kier alpha value is -1.76. The fourth-order valence-electron chi connectivity index (χ4n) is 1.28. The van der Waals surface area contributed by atoms with E-state index in [2.05, 4.69) is 10.1 Å². The van der Waals surface area contributed by atoms with Gasteiger partial charge >= 0.3 is 6.36 Å². The number of amides is 1. The van der Waals surface area contributed by atoms with Crippen molar-refractivity contribution in [2.75, 3.05) is 20.6 Å². The van der Waals surface area contributed by atoms with Crippen LogP contribution in [-0.4, -0.2) is 37.8 Å². The quantitative estimate of drug-likeness (QED) is 0.891. The van der Waals surface area contributed by atoms with Crippen molar-refractivity contribution >= 4 is 5.91 Å². The minimum Gasteiger partial charge on any atom is -0.406 e. The molecule has 106 valence electrons. The summed E-state index contributed by atoms with van der Waals surface area (Å²) in [4.78, 5) is 12.7. The molecule has 7 heteroatoms. The zero-order valence-electron chi connectivity index (χ0n) is 10.6. The molecular formula is C12H15F3N2O2. The first-order valence-corrected chi connectivity index (χ1v) is 5.53. The summed E-state index contributed by atoms with van der Waals surface area (Å²) in [6.07, 6.45) is -4.68. The summed E-state index contributed by atoms with van der Waals surface area (Å²) in [5.74, 6) is -0.336. The number of nitrogens with zero attached hydrogens (tertiary/aromatic N) is 1. The Labute approximate surface area is 109 Å². The van der Waals surface area contributed by atoms with E-state index in [0.29, 0.717) is 6.54 Å². The highest BCUT2D eigenvalue weighted by Gasteiger charge is 2.30. The molecule has 1 amide bonds. The van der Waals surface area contributed by atoms with E-state index in [1.54, 1.807) is 14.1 Å². The summed E-state index contributed by atoms with van der Waals surface area (Å²) in [6.45, 7) is 0.569. The molecule has 0 aliphatic heterocycles. The first-order valence-electron chi connectivity index (χ1n) is 5.53. The number of carbonyl (C=O) groups is 1. The van der Waals surface area contributed by atoms with Crippen LogP contribution in [0.25, 0.3) is 0 Å². The van der Waals surface area contributed by atoms with Gasteiger partial charge in [0.05, 0.1) is 6.54 Å². The number of likely N-dealkylation sites (N-methyl/N-ethyl adjacent to an activating group) is 1. The lowest BCUT2D eigenvalue weighted by Gasteiger charge is -2.11. The van der Waals surface area contributed by atoms with E-state index in [1.807, 2.05) is 0 Å². The van der Waals surface area contributed by atoms with Gasteiger partial charge in [0.25, 0.3) is 0 Å². The SMILES string of the molecule is CN(C)C(=O)CNCc1ccc(OC(F)(F)F)cc1. The third kappa shape index (κ3) is 6.10. The predicted molar refractivity (Wildman–Crippen MR) is 63.5 cm³/mol. The maximum Gasteiger partial charge on any atom is 0.573 e. The lowest BCUT2D eigenvalue weighted by atomic mass is 10.2. The Morgan fingerprint density at radius 1 is 1.26 bits per heavy atom. The van der Waals surface area contributed by atoms with Crippen LogP contribution >= 0.6 is 0 Å². The van der Waals surface area contributed by atoms with Crippen LogP contribution in [0.5, 0.6) is 5.75 Å². The molecule has 0 heterocycles. The summed E-state index contributed by atoms with van der Waals surface area (Å²) in [5, 5.41) is 2.90. The molecule has 0 saturated carbocycles. The van der Waals surface area contributed by atoms with Gasteiger partial charge in [-0.25, -0.2) is 0 Å². The fraction of sp³-hybridized carbons (Fsp3) is 0.417. The molecule has 0 spiro atoms. The van der Waals surface area contributed by atoms with Gasteiger partial charge in [0.2, 0.25) is 5.91 Å². The van der Waals surface area contributed by atoms with Gasteiger partial charge in [-0.3, -0.25) is 4.79 Å². The average Bonchev–Trinajstić information content (AvgIpc) is 2.29. The highest BCUT2D eigenvalue weighted by molar-refractivity contribution is 5.77. The van der Waals surface area contributed by atoms with Crippen LogP contribution in [0.3, 0.4) is 0 Å². The normalized spacial score (nSPS) is 11.2. The Kier molecular flexibility index (Phi) is 5.17. The standard InChI is InChI=1S/C12H15F3N2O2/c1-17(2)11(18)8-16-7-9-3-5-10(6-4-9)19-12(13,14)15/h3-6,16H,7-8H2,1-2H3. The summed E-state index contributed by atoms with van der Waals surface area (Å²) >= 11 is 0. The summed E-state index contributed by atoms with van der Waals surface area (Å²) in [7, 11) is 3.29. The van der Waals surface area contributed by atoms with Crippen molar-refractivity contribution in [1.29, 1.82) is 0 Å². The maximum atomic E-state index is 11.9. The van der Waals surface area contributed by atoms with Crippen molar-refractivity contribution < 1.29 is 22.7 Å². The van der Waals surface area contributed by atoms with Gasteiger partial charge in [-0.05, 0) is 17.7 Å². The monoisotopic (exact) mass is 276 g/mol.